The predicted octanol–water partition coefficient (Wildman–Crippen LogP) is 1.76. The van der Waals surface area contributed by atoms with E-state index in [-0.39, 0.29) is 24.1 Å². The summed E-state index contributed by atoms with van der Waals surface area (Å²) in [5, 5.41) is 3.00. The third kappa shape index (κ3) is 3.22. The van der Waals surface area contributed by atoms with Crippen molar-refractivity contribution in [2.24, 2.45) is 0 Å². The van der Waals surface area contributed by atoms with Crippen molar-refractivity contribution in [1.29, 1.82) is 0 Å². The first-order chi connectivity index (χ1) is 15.5. The lowest BCUT2D eigenvalue weighted by Gasteiger charge is -2.44. The van der Waals surface area contributed by atoms with E-state index in [1.165, 1.54) is 4.90 Å². The van der Waals surface area contributed by atoms with E-state index in [9.17, 15) is 14.4 Å². The van der Waals surface area contributed by atoms with Gasteiger partial charge in [0.1, 0.15) is 11.3 Å². The number of hydrogen-bond acceptors (Lipinski definition) is 6. The van der Waals surface area contributed by atoms with E-state index in [1.54, 1.807) is 31.4 Å². The number of para-hydroxylation sites is 1. The highest BCUT2D eigenvalue weighted by Gasteiger charge is 2.52. The summed E-state index contributed by atoms with van der Waals surface area (Å²) in [6, 6.07) is 16.4. The summed E-state index contributed by atoms with van der Waals surface area (Å²) in [5.74, 6) is 0.306. The van der Waals surface area contributed by atoms with Crippen LogP contribution in [0, 0.1) is 0 Å². The van der Waals surface area contributed by atoms with Gasteiger partial charge in [-0.1, -0.05) is 18.2 Å². The lowest BCUT2D eigenvalue weighted by atomic mass is 9.85. The van der Waals surface area contributed by atoms with Gasteiger partial charge in [0.05, 0.1) is 31.9 Å². The Labute approximate surface area is 186 Å². The first kappa shape index (κ1) is 20.5. The van der Waals surface area contributed by atoms with Gasteiger partial charge in [-0.2, -0.15) is 0 Å². The van der Waals surface area contributed by atoms with E-state index >= 15 is 0 Å². The second-order valence-electron chi connectivity index (χ2n) is 8.48. The fraction of sp³-hybridized carbons (Fsp3) is 0.375. The van der Waals surface area contributed by atoms with Crippen molar-refractivity contribution in [2.45, 2.75) is 30.8 Å². The van der Waals surface area contributed by atoms with Crippen LogP contribution in [0.4, 0.5) is 11.4 Å². The molecule has 166 valence electrons. The number of imide groups is 1. The number of piperidine rings is 1. The van der Waals surface area contributed by atoms with Crippen molar-refractivity contribution >= 4 is 29.1 Å². The fourth-order valence-corrected chi connectivity index (χ4v) is 5.14. The number of carbonyl (C=O) groups excluding carboxylic acids is 3. The summed E-state index contributed by atoms with van der Waals surface area (Å²) >= 11 is 0. The largest absolute Gasteiger partial charge is 0.497 e. The van der Waals surface area contributed by atoms with Gasteiger partial charge in [0, 0.05) is 18.8 Å². The SMILES string of the molecule is COc1ccc(N2C(=O)CC(N3CCC4(CC3)C(=O)NCN4c3ccccc3)C2=O)cc1. The molecule has 0 aromatic heterocycles. The van der Waals surface area contributed by atoms with Gasteiger partial charge in [-0.3, -0.25) is 19.3 Å². The number of anilines is 2. The molecule has 0 radical (unpaired) electrons. The molecule has 0 saturated carbocycles. The predicted molar refractivity (Wildman–Crippen MR) is 119 cm³/mol. The lowest BCUT2D eigenvalue weighted by Crippen LogP contribution is -2.58. The Hall–Kier alpha value is -3.39. The number of carbonyl (C=O) groups is 3. The van der Waals surface area contributed by atoms with E-state index in [4.69, 9.17) is 4.74 Å². The minimum absolute atomic E-state index is 0.0367. The van der Waals surface area contributed by atoms with Crippen LogP contribution < -0.4 is 19.9 Å². The van der Waals surface area contributed by atoms with Gasteiger partial charge in [0.25, 0.3) is 5.91 Å². The van der Waals surface area contributed by atoms with Crippen LogP contribution in [-0.4, -0.2) is 61.1 Å². The molecule has 8 nitrogen and oxygen atoms in total. The van der Waals surface area contributed by atoms with Crippen LogP contribution >= 0.6 is 0 Å². The molecule has 3 fully saturated rings. The Bertz CT molecular complexity index is 1030. The van der Waals surface area contributed by atoms with Crippen molar-refractivity contribution in [3.63, 3.8) is 0 Å². The second kappa shape index (κ2) is 7.94. The molecule has 0 aliphatic carbocycles. The summed E-state index contributed by atoms with van der Waals surface area (Å²) in [6.07, 6.45) is 1.37. The summed E-state index contributed by atoms with van der Waals surface area (Å²) in [6.45, 7) is 1.64. The van der Waals surface area contributed by atoms with Gasteiger partial charge in [-0.05, 0) is 49.2 Å². The molecule has 3 heterocycles. The molecule has 32 heavy (non-hydrogen) atoms. The molecule has 5 rings (SSSR count). The van der Waals surface area contributed by atoms with Gasteiger partial charge in [0.15, 0.2) is 0 Å². The second-order valence-corrected chi connectivity index (χ2v) is 8.48. The smallest absolute Gasteiger partial charge is 0.251 e. The molecule has 0 bridgehead atoms. The molecule has 1 unspecified atom stereocenters. The number of benzene rings is 2. The van der Waals surface area contributed by atoms with E-state index in [0.29, 0.717) is 44.0 Å². The monoisotopic (exact) mass is 434 g/mol. The average Bonchev–Trinajstić information content (AvgIpc) is 3.30. The van der Waals surface area contributed by atoms with E-state index < -0.39 is 11.6 Å². The molecular weight excluding hydrogens is 408 g/mol. The number of nitrogens with zero attached hydrogens (tertiary/aromatic N) is 3. The van der Waals surface area contributed by atoms with Crippen molar-refractivity contribution in [3.05, 3.63) is 54.6 Å². The molecular formula is C24H26N4O4. The summed E-state index contributed by atoms with van der Waals surface area (Å²) in [4.78, 5) is 44.2. The molecule has 3 aliphatic rings. The van der Waals surface area contributed by atoms with Gasteiger partial charge in [0.2, 0.25) is 11.8 Å². The van der Waals surface area contributed by atoms with Gasteiger partial charge in [-0.15, -0.1) is 0 Å². The Balaban J connectivity index is 1.31. The maximum atomic E-state index is 13.2. The third-order valence-electron chi connectivity index (χ3n) is 6.92. The van der Waals surface area contributed by atoms with Crippen LogP contribution in [0.1, 0.15) is 19.3 Å². The van der Waals surface area contributed by atoms with Crippen LogP contribution in [0.15, 0.2) is 54.6 Å². The number of ether oxygens (including phenoxy) is 1. The zero-order chi connectivity index (χ0) is 22.3. The molecule has 1 spiro atoms. The molecule has 3 amide bonds. The van der Waals surface area contributed by atoms with Crippen molar-refractivity contribution in [1.82, 2.24) is 10.2 Å². The summed E-state index contributed by atoms with van der Waals surface area (Å²) in [5.41, 5.74) is 0.957. The first-order valence-corrected chi connectivity index (χ1v) is 10.9. The molecule has 3 aliphatic heterocycles. The number of hydrogen-bond donors (Lipinski definition) is 1. The maximum Gasteiger partial charge on any atom is 0.251 e. The molecule has 1 atom stereocenters. The Kier molecular flexibility index (Phi) is 5.09. The third-order valence-corrected chi connectivity index (χ3v) is 6.92. The molecule has 2 aromatic carbocycles. The average molecular weight is 434 g/mol. The van der Waals surface area contributed by atoms with Crippen LogP contribution in [0.2, 0.25) is 0 Å². The highest BCUT2D eigenvalue weighted by molar-refractivity contribution is 6.22. The highest BCUT2D eigenvalue weighted by Crippen LogP contribution is 2.38. The lowest BCUT2D eigenvalue weighted by molar-refractivity contribution is -0.126. The Morgan fingerprint density at radius 1 is 0.938 bits per heavy atom. The minimum Gasteiger partial charge on any atom is -0.497 e. The van der Waals surface area contributed by atoms with Gasteiger partial charge < -0.3 is 15.0 Å². The first-order valence-electron chi connectivity index (χ1n) is 10.9. The van der Waals surface area contributed by atoms with Crippen LogP contribution in [0.3, 0.4) is 0 Å². The topological polar surface area (TPSA) is 82.2 Å². The highest BCUT2D eigenvalue weighted by atomic mass is 16.5. The zero-order valence-electron chi connectivity index (χ0n) is 18.0. The fourth-order valence-electron chi connectivity index (χ4n) is 5.14. The van der Waals surface area contributed by atoms with Crippen molar-refractivity contribution in [3.8, 4) is 5.75 Å². The van der Waals surface area contributed by atoms with E-state index in [1.807, 2.05) is 30.3 Å². The Morgan fingerprint density at radius 2 is 1.62 bits per heavy atom. The van der Waals surface area contributed by atoms with Crippen LogP contribution in [0.5, 0.6) is 5.75 Å². The minimum atomic E-state index is -0.612. The van der Waals surface area contributed by atoms with Crippen molar-refractivity contribution in [2.75, 3.05) is 36.7 Å². The molecule has 8 heteroatoms. The quantitative estimate of drug-likeness (QED) is 0.739. The van der Waals surface area contributed by atoms with E-state index in [0.717, 1.165) is 5.69 Å². The standard InChI is InChI=1S/C24H26N4O4/c1-32-19-9-7-18(8-10-19)28-21(29)15-20(22(28)30)26-13-11-24(12-14-26)23(31)25-16-27(24)17-5-3-2-4-6-17/h2-10,20H,11-16H2,1H3,(H,25,31). The van der Waals surface area contributed by atoms with Gasteiger partial charge in [-0.25, -0.2) is 4.90 Å². The van der Waals surface area contributed by atoms with Crippen molar-refractivity contribution < 1.29 is 19.1 Å². The van der Waals surface area contributed by atoms with Crippen LogP contribution in [0.25, 0.3) is 0 Å². The Morgan fingerprint density at radius 3 is 2.28 bits per heavy atom. The summed E-state index contributed by atoms with van der Waals surface area (Å²) < 4.78 is 5.16. The number of methoxy groups -OCH3 is 1. The van der Waals surface area contributed by atoms with E-state index in [2.05, 4.69) is 15.1 Å². The number of nitrogens with one attached hydrogen (secondary N) is 1. The zero-order valence-corrected chi connectivity index (χ0v) is 18.0. The van der Waals surface area contributed by atoms with Crippen LogP contribution in [-0.2, 0) is 14.4 Å². The molecule has 2 aromatic rings. The molecule has 3 saturated heterocycles. The van der Waals surface area contributed by atoms with Gasteiger partial charge >= 0.3 is 0 Å². The molecule has 1 N–H and O–H groups in total. The number of likely N-dealkylation sites (tertiary alicyclic amines) is 1. The maximum absolute atomic E-state index is 13.2. The number of rotatable bonds is 4. The summed E-state index contributed by atoms with van der Waals surface area (Å²) in [7, 11) is 1.57. The normalized spacial score (nSPS) is 23.2. The number of amides is 3.